The third kappa shape index (κ3) is 1.39. The molecule has 0 radical (unpaired) electrons. The van der Waals surface area contributed by atoms with Crippen LogP contribution in [0.3, 0.4) is 0 Å². The van der Waals surface area contributed by atoms with Crippen LogP contribution in [0.5, 0.6) is 0 Å². The minimum Gasteiger partial charge on any atom is -0.0999 e. The fourth-order valence-electron chi connectivity index (χ4n) is 3.03. The maximum Gasteiger partial charge on any atom is 0.136 e. The van der Waals surface area contributed by atoms with Crippen LogP contribution >= 0.6 is 23.2 Å². The Bertz CT molecular complexity index is 506. The number of halogens is 2. The quantitative estimate of drug-likeness (QED) is 0.692. The van der Waals surface area contributed by atoms with Crippen LogP contribution in [-0.4, -0.2) is 4.33 Å². The summed E-state index contributed by atoms with van der Waals surface area (Å²) in [6.07, 6.45) is 0. The summed E-state index contributed by atoms with van der Waals surface area (Å²) >= 11 is 13.1. The van der Waals surface area contributed by atoms with Gasteiger partial charge in [0.2, 0.25) is 0 Å². The Labute approximate surface area is 118 Å². The highest BCUT2D eigenvalue weighted by Crippen LogP contribution is 2.72. The summed E-state index contributed by atoms with van der Waals surface area (Å²) in [7, 11) is 0. The minimum absolute atomic E-state index is 0.207. The zero-order valence-electron chi connectivity index (χ0n) is 10.1. The molecule has 1 aliphatic carbocycles. The van der Waals surface area contributed by atoms with E-state index in [2.05, 4.69) is 31.2 Å². The molecular weight excluding hydrogens is 263 g/mol. The molecule has 1 saturated carbocycles. The van der Waals surface area contributed by atoms with Gasteiger partial charge in [-0.3, -0.25) is 0 Å². The smallest absolute Gasteiger partial charge is 0.0999 e. The third-order valence-electron chi connectivity index (χ3n) is 4.09. The van der Waals surface area contributed by atoms with Crippen molar-refractivity contribution in [1.29, 1.82) is 0 Å². The van der Waals surface area contributed by atoms with Crippen LogP contribution in [0.1, 0.15) is 18.1 Å². The highest BCUT2D eigenvalue weighted by atomic mass is 35.5. The average molecular weight is 277 g/mol. The van der Waals surface area contributed by atoms with E-state index in [1.165, 1.54) is 11.1 Å². The Morgan fingerprint density at radius 1 is 0.778 bits per heavy atom. The summed E-state index contributed by atoms with van der Waals surface area (Å²) in [6, 6.07) is 20.6. The molecule has 92 valence electrons. The van der Waals surface area contributed by atoms with Gasteiger partial charge in [0.15, 0.2) is 0 Å². The van der Waals surface area contributed by atoms with Crippen molar-refractivity contribution in [2.24, 2.45) is 5.92 Å². The second kappa shape index (κ2) is 4.01. The van der Waals surface area contributed by atoms with E-state index < -0.39 is 4.33 Å². The van der Waals surface area contributed by atoms with E-state index in [4.69, 9.17) is 23.2 Å². The number of hydrogen-bond acceptors (Lipinski definition) is 0. The largest absolute Gasteiger partial charge is 0.136 e. The Morgan fingerprint density at radius 2 is 1.11 bits per heavy atom. The number of rotatable bonds is 2. The first-order chi connectivity index (χ1) is 8.62. The molecule has 1 atom stereocenters. The van der Waals surface area contributed by atoms with Crippen LogP contribution in [0.15, 0.2) is 60.7 Å². The molecule has 0 heterocycles. The molecule has 0 spiro atoms. The van der Waals surface area contributed by atoms with E-state index in [0.29, 0.717) is 0 Å². The molecule has 18 heavy (non-hydrogen) atoms. The van der Waals surface area contributed by atoms with Crippen LogP contribution < -0.4 is 0 Å². The van der Waals surface area contributed by atoms with E-state index in [1.807, 2.05) is 36.4 Å². The van der Waals surface area contributed by atoms with Gasteiger partial charge in [-0.15, -0.1) is 0 Å². The number of hydrogen-bond donors (Lipinski definition) is 0. The van der Waals surface area contributed by atoms with Gasteiger partial charge < -0.3 is 0 Å². The molecule has 1 aliphatic rings. The SMILES string of the molecule is C[C@H]1C(Cl)(Cl)C1(c1ccccc1)c1ccccc1. The molecule has 0 N–H and O–H groups in total. The van der Waals surface area contributed by atoms with Gasteiger partial charge in [0.1, 0.15) is 4.33 Å². The summed E-state index contributed by atoms with van der Waals surface area (Å²) < 4.78 is -0.726. The lowest BCUT2D eigenvalue weighted by Gasteiger charge is -2.19. The molecular formula is C16H14Cl2. The number of benzene rings is 2. The Morgan fingerprint density at radius 3 is 1.39 bits per heavy atom. The van der Waals surface area contributed by atoms with E-state index in [9.17, 15) is 0 Å². The molecule has 0 aromatic heterocycles. The van der Waals surface area contributed by atoms with Crippen molar-refractivity contribution in [2.75, 3.05) is 0 Å². The summed E-state index contributed by atoms with van der Waals surface area (Å²) in [5, 5.41) is 0. The first-order valence-electron chi connectivity index (χ1n) is 6.10. The summed E-state index contributed by atoms with van der Waals surface area (Å²) in [5.74, 6) is 0.207. The van der Waals surface area contributed by atoms with Gasteiger partial charge in [0, 0.05) is 5.92 Å². The molecule has 2 heteroatoms. The molecule has 2 aromatic carbocycles. The van der Waals surface area contributed by atoms with E-state index in [0.717, 1.165) is 0 Å². The predicted octanol–water partition coefficient (Wildman–Crippen LogP) is 4.80. The zero-order valence-corrected chi connectivity index (χ0v) is 11.6. The van der Waals surface area contributed by atoms with Crippen LogP contribution in [-0.2, 0) is 5.41 Å². The summed E-state index contributed by atoms with van der Waals surface area (Å²) in [5.41, 5.74) is 2.10. The molecule has 0 aliphatic heterocycles. The molecule has 0 bridgehead atoms. The van der Waals surface area contributed by atoms with Crippen molar-refractivity contribution in [3.05, 3.63) is 71.8 Å². The van der Waals surface area contributed by atoms with E-state index >= 15 is 0 Å². The van der Waals surface area contributed by atoms with Crippen molar-refractivity contribution in [2.45, 2.75) is 16.7 Å². The lowest BCUT2D eigenvalue weighted by Crippen LogP contribution is -2.17. The van der Waals surface area contributed by atoms with Gasteiger partial charge in [-0.1, -0.05) is 90.8 Å². The Hall–Kier alpha value is -0.980. The van der Waals surface area contributed by atoms with Crippen LogP contribution in [0.4, 0.5) is 0 Å². The third-order valence-corrected chi connectivity index (χ3v) is 5.34. The molecule has 0 saturated heterocycles. The molecule has 0 amide bonds. The average Bonchev–Trinajstić information content (AvgIpc) is 2.86. The molecule has 1 fully saturated rings. The van der Waals surface area contributed by atoms with Crippen molar-refractivity contribution < 1.29 is 0 Å². The standard InChI is InChI=1S/C16H14Cl2/c1-12-15(16(12,17)18,13-8-4-2-5-9-13)14-10-6-3-7-11-14/h2-12H,1H3/t12-/m1/s1. The molecule has 3 rings (SSSR count). The number of alkyl halides is 2. The van der Waals surface area contributed by atoms with Gasteiger partial charge in [-0.25, -0.2) is 0 Å². The fourth-order valence-corrected chi connectivity index (χ4v) is 4.01. The first kappa shape index (κ1) is 12.1. The lowest BCUT2D eigenvalue weighted by atomic mass is 9.86. The van der Waals surface area contributed by atoms with Crippen molar-refractivity contribution >= 4 is 23.2 Å². The van der Waals surface area contributed by atoms with Crippen molar-refractivity contribution in [3.8, 4) is 0 Å². The normalized spacial score (nSPS) is 23.6. The van der Waals surface area contributed by atoms with Gasteiger partial charge in [0.25, 0.3) is 0 Å². The van der Waals surface area contributed by atoms with Gasteiger partial charge >= 0.3 is 0 Å². The lowest BCUT2D eigenvalue weighted by molar-refractivity contribution is 0.748. The molecule has 2 aromatic rings. The fraction of sp³-hybridized carbons (Fsp3) is 0.250. The van der Waals surface area contributed by atoms with Crippen molar-refractivity contribution in [1.82, 2.24) is 0 Å². The van der Waals surface area contributed by atoms with E-state index in [-0.39, 0.29) is 11.3 Å². The monoisotopic (exact) mass is 276 g/mol. The van der Waals surface area contributed by atoms with Crippen molar-refractivity contribution in [3.63, 3.8) is 0 Å². The van der Waals surface area contributed by atoms with Crippen LogP contribution in [0.25, 0.3) is 0 Å². The topological polar surface area (TPSA) is 0 Å². The molecule has 0 nitrogen and oxygen atoms in total. The summed E-state index contributed by atoms with van der Waals surface area (Å²) in [4.78, 5) is 0. The maximum absolute atomic E-state index is 6.55. The predicted molar refractivity (Wildman–Crippen MR) is 77.3 cm³/mol. The minimum atomic E-state index is -0.726. The van der Waals surface area contributed by atoms with Gasteiger partial charge in [-0.05, 0) is 11.1 Å². The Balaban J connectivity index is 2.20. The molecule has 0 unspecified atom stereocenters. The van der Waals surface area contributed by atoms with Gasteiger partial charge in [-0.2, -0.15) is 0 Å². The van der Waals surface area contributed by atoms with E-state index in [1.54, 1.807) is 0 Å². The summed E-state index contributed by atoms with van der Waals surface area (Å²) in [6.45, 7) is 2.11. The second-order valence-electron chi connectivity index (χ2n) is 4.88. The second-order valence-corrected chi connectivity index (χ2v) is 6.27. The highest BCUT2D eigenvalue weighted by molar-refractivity contribution is 6.53. The van der Waals surface area contributed by atoms with Gasteiger partial charge in [0.05, 0.1) is 5.41 Å². The Kier molecular flexibility index (Phi) is 2.69. The van der Waals surface area contributed by atoms with Crippen LogP contribution in [0.2, 0.25) is 0 Å². The van der Waals surface area contributed by atoms with Crippen LogP contribution in [0, 0.1) is 5.92 Å². The first-order valence-corrected chi connectivity index (χ1v) is 6.86. The highest BCUT2D eigenvalue weighted by Gasteiger charge is 2.74. The maximum atomic E-state index is 6.55. The zero-order chi connectivity index (χ0) is 12.8.